The first-order chi connectivity index (χ1) is 65.0. The van der Waals surface area contributed by atoms with Gasteiger partial charge < -0.3 is 62.9 Å². The minimum Gasteiger partial charge on any atom is -0.870 e. The van der Waals surface area contributed by atoms with Gasteiger partial charge in [-0.05, 0) is 198 Å². The van der Waals surface area contributed by atoms with Crippen molar-refractivity contribution in [2.45, 2.75) is 135 Å². The van der Waals surface area contributed by atoms with Gasteiger partial charge in [-0.3, -0.25) is 60.3 Å². The fourth-order valence-corrected chi connectivity index (χ4v) is 12.3. The van der Waals surface area contributed by atoms with Crippen LogP contribution in [0.25, 0.3) is 73.3 Å². The Kier molecular flexibility index (Phi) is 49.0. The summed E-state index contributed by atoms with van der Waals surface area (Å²) >= 11 is 0. The Morgan fingerprint density at radius 1 is 0.414 bits per heavy atom. The zero-order chi connectivity index (χ0) is 99.4. The van der Waals surface area contributed by atoms with E-state index < -0.39 is 23.9 Å². The van der Waals surface area contributed by atoms with Crippen LogP contribution >= 0.6 is 12.4 Å². The summed E-state index contributed by atoms with van der Waals surface area (Å²) in [6.07, 6.45) is 20.2. The monoisotopic (exact) mass is 1940 g/mol. The van der Waals surface area contributed by atoms with E-state index >= 15 is 0 Å². The molecule has 720 valence electrons. The normalized spacial score (nSPS) is 10.1. The molecule has 12 N–H and O–H groups in total. The number of nitrogens with two attached hydrogens (primary N) is 4. The number of nitrogens with one attached hydrogen (secondary N) is 2. The van der Waals surface area contributed by atoms with Gasteiger partial charge in [-0.25, -0.2) is 48.2 Å². The van der Waals surface area contributed by atoms with Crippen molar-refractivity contribution in [3.63, 3.8) is 0 Å². The fraction of sp³-hybridized carbons (Fsp3) is 0.242. The molecular formula is C99H112ClN25Na2O13. The molecule has 15 aromatic rings. The van der Waals surface area contributed by atoms with Gasteiger partial charge in [0.1, 0.15) is 36.5 Å². The van der Waals surface area contributed by atoms with Gasteiger partial charge in [0, 0.05) is 125 Å². The van der Waals surface area contributed by atoms with Crippen molar-refractivity contribution in [1.82, 2.24) is 94.5 Å². The topological polar surface area (TPSA) is 569 Å². The molecule has 0 radical (unpaired) electrons. The summed E-state index contributed by atoms with van der Waals surface area (Å²) in [7, 11) is 4.05. The third-order valence-electron chi connectivity index (χ3n) is 19.5. The first-order valence-electron chi connectivity index (χ1n) is 42.6. The number of carboxylic acids is 1. The molecule has 10 aromatic heterocycles. The van der Waals surface area contributed by atoms with Crippen molar-refractivity contribution in [2.24, 2.45) is 28.6 Å². The first-order valence-corrected chi connectivity index (χ1v) is 42.6. The molecule has 5 aromatic carbocycles. The number of ether oxygens (including phenoxy) is 3. The van der Waals surface area contributed by atoms with Crippen LogP contribution in [0.2, 0.25) is 0 Å². The number of carbonyl (C=O) groups is 6. The van der Waals surface area contributed by atoms with Crippen molar-refractivity contribution in [1.29, 1.82) is 0 Å². The number of primary amides is 1. The van der Waals surface area contributed by atoms with Gasteiger partial charge >= 0.3 is 83.0 Å². The van der Waals surface area contributed by atoms with E-state index in [1.807, 2.05) is 179 Å². The quantitative estimate of drug-likeness (QED) is 0.00668. The molecule has 0 fully saturated rings. The summed E-state index contributed by atoms with van der Waals surface area (Å²) in [4.78, 5) is 129. The van der Waals surface area contributed by atoms with Gasteiger partial charge in [0.2, 0.25) is 5.91 Å². The van der Waals surface area contributed by atoms with Crippen LogP contribution in [0, 0.1) is 64.5 Å². The Bertz CT molecular complexity index is 6520. The number of nitrogen functional groups attached to an aromatic ring is 2. The summed E-state index contributed by atoms with van der Waals surface area (Å²) < 4.78 is 19.5. The number of halogens is 1. The van der Waals surface area contributed by atoms with E-state index in [9.17, 15) is 33.9 Å². The second-order valence-corrected chi connectivity index (χ2v) is 31.8. The van der Waals surface area contributed by atoms with Crippen LogP contribution in [-0.2, 0) is 32.1 Å². The molecule has 0 unspecified atom stereocenters. The molecule has 38 nitrogen and oxygen atoms in total. The molecular weight excluding hydrogens is 1830 g/mol. The number of benzene rings is 5. The zero-order valence-corrected chi connectivity index (χ0v) is 86.5. The van der Waals surface area contributed by atoms with Crippen molar-refractivity contribution in [3.05, 3.63) is 332 Å². The number of hydrogen-bond donors (Lipinski definition) is 7. The molecule has 10 heterocycles. The van der Waals surface area contributed by atoms with E-state index in [1.54, 1.807) is 132 Å². The number of rotatable bonds is 21. The number of carbonyl (C=O) groups excluding carboxylic acids is 5. The Labute approximate surface area is 861 Å². The molecule has 0 bridgehead atoms. The van der Waals surface area contributed by atoms with E-state index in [4.69, 9.17) is 42.6 Å². The predicted molar refractivity (Wildman–Crippen MR) is 527 cm³/mol. The maximum absolute atomic E-state index is 13.0. The molecule has 2 amide bonds. The number of esters is 3. The molecule has 0 aliphatic carbocycles. The van der Waals surface area contributed by atoms with Crippen LogP contribution in [0.4, 0.5) is 11.4 Å². The molecule has 15 rings (SSSR count). The number of amides is 2. The largest absolute Gasteiger partial charge is 1.00 e. The van der Waals surface area contributed by atoms with Crippen molar-refractivity contribution < 1.29 is 113 Å². The van der Waals surface area contributed by atoms with Crippen molar-refractivity contribution in [3.8, 4) is 73.3 Å². The Balaban J connectivity index is 0.000000350. The number of pyridine rings is 5. The Hall–Kier alpha value is -14.6. The van der Waals surface area contributed by atoms with E-state index in [1.165, 1.54) is 40.3 Å². The van der Waals surface area contributed by atoms with Crippen molar-refractivity contribution >= 4 is 59.5 Å². The van der Waals surface area contributed by atoms with Crippen LogP contribution in [0.15, 0.2) is 232 Å². The Morgan fingerprint density at radius 3 is 1.01 bits per heavy atom. The first kappa shape index (κ1) is 118. The standard InChI is InChI=1S/C24H25N7O.C19H20N4O2.C18H18N4O2.C14H15N3O2.C14H14N2O2.C6H9N3.C4H9NO.ClH.HNO2.2Na.H2O/c1-15(2)23-29-14-30-31(23)21-8-18(22-6-5-16(3)10-27-22)7-19(9-21)24(32)28-13-20-12-25-17(4)11-26-20;1-12(2)18-21-11-22-23(18)16-8-14(7-15(9-16)19(24)25-4)17-6-5-13(3)10-20-17;1-11(2)17-20-10-21-22(17)15-7-13(6-14(8-15)18(23)24)16-5-4-12(3)9-19-16;1-9-3-4-13(16-8-9)10-5-11(14(18)19-2)7-12(6-10)17-15;1-9-3-4-13(16-8-9)10-5-11(14(17)18-2)7-12(15)6-10;1-5-3-9-6(2-7)4-8-5;1-3(2)4(5)6;;2-1-3;;;/h5-12,14-15H,13H2,1-4H3,(H,28,32);5-12H,1-4H3;4-11H,1-3H3,(H,23,24);3-8,17H,15H2,1-2H3;3-8H,15H2,1-2H3;3-4H,2,7H2,1H3;3H,1-2H3,(H2,5,6);1H;(H,2,3);;;1H2/q;;;;;;;;;2*+1;/p-2. The van der Waals surface area contributed by atoms with E-state index in [2.05, 4.69) is 104 Å². The van der Waals surface area contributed by atoms with Gasteiger partial charge in [0.05, 0.1) is 125 Å². The number of aryl methyl sites for hydroxylation is 7. The third-order valence-corrected chi connectivity index (χ3v) is 19.5. The molecule has 0 saturated heterocycles. The average molecular weight is 1940 g/mol. The number of anilines is 2. The maximum atomic E-state index is 13.0. The summed E-state index contributed by atoms with van der Waals surface area (Å²) in [6, 6.07) is 45.9. The number of hydrazine groups is 1. The number of nitrogens with zero attached hydrogens (tertiary/aromatic N) is 19. The Morgan fingerprint density at radius 2 is 0.714 bits per heavy atom. The predicted octanol–water partition coefficient (Wildman–Crippen LogP) is 10.2. The number of hydrogen-bond acceptors (Lipinski definition) is 32. The molecule has 140 heavy (non-hydrogen) atoms. The smallest absolute Gasteiger partial charge is 0.870 e. The maximum Gasteiger partial charge on any atom is 1.00 e. The second kappa shape index (κ2) is 58.2. The van der Waals surface area contributed by atoms with Crippen LogP contribution in [0.3, 0.4) is 0 Å². The average Bonchev–Trinajstić information content (AvgIpc) is 1.69. The van der Waals surface area contributed by atoms with E-state index in [0.717, 1.165) is 135 Å². The fourth-order valence-electron chi connectivity index (χ4n) is 12.3. The van der Waals surface area contributed by atoms with E-state index in [-0.39, 0.29) is 125 Å². The number of carboxylic acid groups (broad SMARTS) is 1. The minimum absolute atomic E-state index is 0. The molecule has 0 spiro atoms. The summed E-state index contributed by atoms with van der Waals surface area (Å²) in [5.41, 5.74) is 40.1. The molecule has 0 atom stereocenters. The van der Waals surface area contributed by atoms with Crippen LogP contribution in [0.1, 0.15) is 193 Å². The zero-order valence-electron chi connectivity index (χ0n) is 81.7. The second-order valence-electron chi connectivity index (χ2n) is 31.8. The number of aromatic carboxylic acids is 1. The van der Waals surface area contributed by atoms with Crippen LogP contribution in [-0.4, -0.2) is 157 Å². The van der Waals surface area contributed by atoms with Crippen LogP contribution in [0.5, 0.6) is 0 Å². The SMILES string of the molecule is CC(C)C(N)=O.COC(=O)c1cc(-c2ccc(C)cn2)cc(-n2ncnc2C(C)C)c1.COC(=O)c1cc(N)cc(-c2ccc(C)cn2)c1.COC(=O)c1cc(NN)cc(-c2ccc(C)cn2)c1.Cc1ccc(-c2cc(C(=O)NCc3cnc(C)cn3)cc(-n3ncnc3C(C)C)c2)nc1.Cc1ccc(-c2cc(C(=O)O)cc(-n3ncnc3C(C)C)c2)nc1.Cc1cnc(CN)cn1.Cl.O=N[O-].[Na+].[Na+].[OH-]. The molecule has 0 aliphatic rings. The van der Waals surface area contributed by atoms with Gasteiger partial charge in [-0.15, -0.1) is 17.7 Å². The number of methoxy groups -OCH3 is 3. The molecule has 0 saturated carbocycles. The summed E-state index contributed by atoms with van der Waals surface area (Å²) in [5.74, 6) is 5.70. The van der Waals surface area contributed by atoms with Crippen LogP contribution < -0.4 is 92.9 Å². The minimum atomic E-state index is -0.989. The van der Waals surface area contributed by atoms with Gasteiger partial charge in [0.25, 0.3) is 5.91 Å². The summed E-state index contributed by atoms with van der Waals surface area (Å²) in [5, 5.41) is 34.3. The van der Waals surface area contributed by atoms with Gasteiger partial charge in [0.15, 0.2) is 0 Å². The molecule has 0 aliphatic heterocycles. The van der Waals surface area contributed by atoms with Gasteiger partial charge in [-0.1, -0.05) is 85.7 Å². The summed E-state index contributed by atoms with van der Waals surface area (Å²) in [6.45, 7) is 30.2. The number of aromatic nitrogens is 18. The van der Waals surface area contributed by atoms with Crippen molar-refractivity contribution in [2.75, 3.05) is 32.5 Å². The van der Waals surface area contributed by atoms with Gasteiger partial charge in [-0.2, -0.15) is 15.3 Å². The molecule has 41 heteroatoms. The van der Waals surface area contributed by atoms with E-state index in [0.29, 0.717) is 51.6 Å². The third kappa shape index (κ3) is 35.5.